The van der Waals surface area contributed by atoms with Gasteiger partial charge in [0.1, 0.15) is 5.69 Å². The molecule has 0 saturated carbocycles. The zero-order chi connectivity index (χ0) is 17.8. The average molecular weight is 347 g/mol. The van der Waals surface area contributed by atoms with E-state index in [0.29, 0.717) is 18.1 Å². The Balaban J connectivity index is 1.48. The van der Waals surface area contributed by atoms with Crippen molar-refractivity contribution in [3.8, 4) is 0 Å². The molecule has 0 bridgehead atoms. The fourth-order valence-corrected chi connectivity index (χ4v) is 4.18. The molecule has 0 aromatic heterocycles. The van der Waals surface area contributed by atoms with Crippen LogP contribution in [0.15, 0.2) is 24.3 Å². The van der Waals surface area contributed by atoms with Crippen LogP contribution in [0.2, 0.25) is 0 Å². The molecule has 2 heterocycles. The summed E-state index contributed by atoms with van der Waals surface area (Å²) in [4.78, 5) is 15.6. The summed E-state index contributed by atoms with van der Waals surface area (Å²) in [7, 11) is 0. The van der Waals surface area contributed by atoms with E-state index in [4.69, 9.17) is 4.74 Å². The normalized spacial score (nSPS) is 25.9. The maximum atomic E-state index is 11.2. The minimum atomic E-state index is -0.276. The van der Waals surface area contributed by atoms with Crippen molar-refractivity contribution in [1.29, 1.82) is 0 Å². The second kappa shape index (κ2) is 8.15. The molecular formula is C19H29N3O3. The third-order valence-electron chi connectivity index (χ3n) is 5.38. The van der Waals surface area contributed by atoms with Crippen LogP contribution in [0.5, 0.6) is 0 Å². The molecule has 2 atom stereocenters. The summed E-state index contributed by atoms with van der Waals surface area (Å²) in [6.07, 6.45) is 4.08. The van der Waals surface area contributed by atoms with Gasteiger partial charge in [-0.05, 0) is 51.6 Å². The van der Waals surface area contributed by atoms with Crippen LogP contribution in [0.1, 0.15) is 33.1 Å². The number of morpholine rings is 1. The van der Waals surface area contributed by atoms with Gasteiger partial charge < -0.3 is 9.64 Å². The molecule has 0 radical (unpaired) electrons. The second-order valence-corrected chi connectivity index (χ2v) is 7.48. The molecular weight excluding hydrogens is 318 g/mol. The maximum absolute atomic E-state index is 11.2. The SMILES string of the molecule is CC1CN(CCC2CCN(c3ccccc3[N+](=O)[O-])CC2)CC(C)O1. The van der Waals surface area contributed by atoms with Crippen LogP contribution in [0.4, 0.5) is 11.4 Å². The Morgan fingerprint density at radius 2 is 1.80 bits per heavy atom. The first-order chi connectivity index (χ1) is 12.0. The van der Waals surface area contributed by atoms with Crippen LogP contribution in [-0.4, -0.2) is 54.8 Å². The number of para-hydroxylation sites is 2. The van der Waals surface area contributed by atoms with Gasteiger partial charge in [-0.2, -0.15) is 0 Å². The molecule has 1 aromatic carbocycles. The summed E-state index contributed by atoms with van der Waals surface area (Å²) >= 11 is 0. The highest BCUT2D eigenvalue weighted by Crippen LogP contribution is 2.32. The summed E-state index contributed by atoms with van der Waals surface area (Å²) in [5.74, 6) is 0.715. The monoisotopic (exact) mass is 347 g/mol. The lowest BCUT2D eigenvalue weighted by Crippen LogP contribution is -2.46. The van der Waals surface area contributed by atoms with Crippen molar-refractivity contribution < 1.29 is 9.66 Å². The molecule has 0 aliphatic carbocycles. The van der Waals surface area contributed by atoms with Gasteiger partial charge in [-0.1, -0.05) is 12.1 Å². The molecule has 2 fully saturated rings. The Morgan fingerprint density at radius 1 is 1.16 bits per heavy atom. The van der Waals surface area contributed by atoms with Crippen molar-refractivity contribution >= 4 is 11.4 Å². The molecule has 0 amide bonds. The van der Waals surface area contributed by atoms with E-state index in [1.54, 1.807) is 12.1 Å². The average Bonchev–Trinajstić information content (AvgIpc) is 2.59. The van der Waals surface area contributed by atoms with E-state index in [1.165, 1.54) is 6.42 Å². The molecule has 25 heavy (non-hydrogen) atoms. The summed E-state index contributed by atoms with van der Waals surface area (Å²) < 4.78 is 5.80. The number of rotatable bonds is 5. The van der Waals surface area contributed by atoms with E-state index in [0.717, 1.165) is 51.3 Å². The highest BCUT2D eigenvalue weighted by Gasteiger charge is 2.26. The summed E-state index contributed by atoms with van der Waals surface area (Å²) in [5.41, 5.74) is 0.985. The number of hydrogen-bond acceptors (Lipinski definition) is 5. The van der Waals surface area contributed by atoms with Crippen LogP contribution in [0.3, 0.4) is 0 Å². The predicted molar refractivity (Wildman–Crippen MR) is 99.1 cm³/mol. The highest BCUT2D eigenvalue weighted by atomic mass is 16.6. The minimum Gasteiger partial charge on any atom is -0.373 e. The van der Waals surface area contributed by atoms with Crippen LogP contribution in [0, 0.1) is 16.0 Å². The molecule has 138 valence electrons. The molecule has 3 rings (SSSR count). The standard InChI is InChI=1S/C19H29N3O3/c1-15-13-20(14-16(2)25-15)10-7-17-8-11-21(12-9-17)18-5-3-4-6-19(18)22(23)24/h3-6,15-17H,7-14H2,1-2H3. The predicted octanol–water partition coefficient (Wildman–Crippen LogP) is 3.31. The minimum absolute atomic E-state index is 0.220. The van der Waals surface area contributed by atoms with Crippen LogP contribution >= 0.6 is 0 Å². The fourth-order valence-electron chi connectivity index (χ4n) is 4.18. The van der Waals surface area contributed by atoms with Gasteiger partial charge in [0.05, 0.1) is 17.1 Å². The fraction of sp³-hybridized carbons (Fsp3) is 0.684. The number of hydrogen-bond donors (Lipinski definition) is 0. The molecule has 2 aliphatic rings. The third kappa shape index (κ3) is 4.70. The lowest BCUT2D eigenvalue weighted by molar-refractivity contribution is -0.384. The Hall–Kier alpha value is -1.66. The van der Waals surface area contributed by atoms with Crippen molar-refractivity contribution in [3.63, 3.8) is 0 Å². The van der Waals surface area contributed by atoms with Gasteiger partial charge in [-0.3, -0.25) is 15.0 Å². The summed E-state index contributed by atoms with van der Waals surface area (Å²) in [6.45, 7) is 9.30. The summed E-state index contributed by atoms with van der Waals surface area (Å²) in [5, 5.41) is 11.2. The Bertz CT molecular complexity index is 577. The van der Waals surface area contributed by atoms with Gasteiger partial charge in [0, 0.05) is 32.2 Å². The zero-order valence-electron chi connectivity index (χ0n) is 15.3. The number of benzene rings is 1. The van der Waals surface area contributed by atoms with Crippen molar-refractivity contribution in [1.82, 2.24) is 4.90 Å². The molecule has 2 unspecified atom stereocenters. The molecule has 0 N–H and O–H groups in total. The van der Waals surface area contributed by atoms with Gasteiger partial charge in [0.2, 0.25) is 0 Å². The van der Waals surface area contributed by atoms with E-state index in [2.05, 4.69) is 23.6 Å². The molecule has 0 spiro atoms. The van der Waals surface area contributed by atoms with Crippen molar-refractivity contribution in [3.05, 3.63) is 34.4 Å². The Labute approximate surface area is 149 Å². The molecule has 2 aliphatic heterocycles. The van der Waals surface area contributed by atoms with Crippen molar-refractivity contribution in [2.24, 2.45) is 5.92 Å². The lowest BCUT2D eigenvalue weighted by atomic mass is 9.92. The number of nitro groups is 1. The van der Waals surface area contributed by atoms with E-state index in [1.807, 2.05) is 12.1 Å². The van der Waals surface area contributed by atoms with Crippen LogP contribution in [-0.2, 0) is 4.74 Å². The van der Waals surface area contributed by atoms with Crippen LogP contribution < -0.4 is 4.90 Å². The van der Waals surface area contributed by atoms with Gasteiger partial charge in [-0.15, -0.1) is 0 Å². The van der Waals surface area contributed by atoms with Crippen LogP contribution in [0.25, 0.3) is 0 Å². The smallest absolute Gasteiger partial charge is 0.292 e. The van der Waals surface area contributed by atoms with Gasteiger partial charge in [-0.25, -0.2) is 0 Å². The largest absolute Gasteiger partial charge is 0.373 e. The summed E-state index contributed by atoms with van der Waals surface area (Å²) in [6, 6.07) is 7.09. The molecule has 6 heteroatoms. The Morgan fingerprint density at radius 3 is 2.44 bits per heavy atom. The molecule has 6 nitrogen and oxygen atoms in total. The third-order valence-corrected chi connectivity index (χ3v) is 5.38. The van der Waals surface area contributed by atoms with Crippen molar-refractivity contribution in [2.75, 3.05) is 37.6 Å². The topological polar surface area (TPSA) is 58.9 Å². The maximum Gasteiger partial charge on any atom is 0.292 e. The number of nitrogens with zero attached hydrogens (tertiary/aromatic N) is 3. The van der Waals surface area contributed by atoms with Gasteiger partial charge in [0.15, 0.2) is 0 Å². The Kier molecular flexibility index (Phi) is 5.91. The zero-order valence-corrected chi connectivity index (χ0v) is 15.3. The quantitative estimate of drug-likeness (QED) is 0.604. The van der Waals surface area contributed by atoms with Crippen molar-refractivity contribution in [2.45, 2.75) is 45.3 Å². The number of anilines is 1. The van der Waals surface area contributed by atoms with E-state index < -0.39 is 0 Å². The van der Waals surface area contributed by atoms with Gasteiger partial charge >= 0.3 is 0 Å². The number of piperidine rings is 1. The first kappa shape index (κ1) is 18.1. The van der Waals surface area contributed by atoms with E-state index in [-0.39, 0.29) is 10.6 Å². The van der Waals surface area contributed by atoms with E-state index in [9.17, 15) is 10.1 Å². The first-order valence-electron chi connectivity index (χ1n) is 9.39. The number of nitro benzene ring substituents is 1. The highest BCUT2D eigenvalue weighted by molar-refractivity contribution is 5.63. The number of ether oxygens (including phenoxy) is 1. The first-order valence-corrected chi connectivity index (χ1v) is 9.39. The van der Waals surface area contributed by atoms with E-state index >= 15 is 0 Å². The lowest BCUT2D eigenvalue weighted by Gasteiger charge is -2.37. The van der Waals surface area contributed by atoms with Gasteiger partial charge in [0.25, 0.3) is 5.69 Å². The molecule has 2 saturated heterocycles. The second-order valence-electron chi connectivity index (χ2n) is 7.48. The molecule has 1 aromatic rings.